The van der Waals surface area contributed by atoms with Crippen LogP contribution in [0.5, 0.6) is 0 Å². The van der Waals surface area contributed by atoms with Crippen molar-refractivity contribution in [1.82, 2.24) is 0 Å². The molecule has 0 bridgehead atoms. The van der Waals surface area contributed by atoms with Crippen molar-refractivity contribution >= 4 is 0 Å². The molecule has 0 spiro atoms. The van der Waals surface area contributed by atoms with E-state index in [4.69, 9.17) is 15.3 Å². The van der Waals surface area contributed by atoms with Gasteiger partial charge in [-0.05, 0) is 5.41 Å². The van der Waals surface area contributed by atoms with E-state index >= 15 is 0 Å². The number of hydrogen-bond acceptors (Lipinski definition) is 3. The summed E-state index contributed by atoms with van der Waals surface area (Å²) >= 11 is 0. The van der Waals surface area contributed by atoms with Gasteiger partial charge in [0.1, 0.15) is 0 Å². The van der Waals surface area contributed by atoms with Crippen LogP contribution >= 0.6 is 0 Å². The number of rotatable bonds is 4. The van der Waals surface area contributed by atoms with E-state index in [1.165, 1.54) is 0 Å². The molecule has 0 radical (unpaired) electrons. The van der Waals surface area contributed by atoms with Gasteiger partial charge in [0.25, 0.3) is 0 Å². The highest BCUT2D eigenvalue weighted by Gasteiger charge is 2.27. The Labute approximate surface area is 61.3 Å². The first-order chi connectivity index (χ1) is 4.58. The molecule has 0 rings (SSSR count). The van der Waals surface area contributed by atoms with Crippen molar-refractivity contribution in [1.29, 1.82) is 0 Å². The fraction of sp³-hybridized carbons (Fsp3) is 1.00. The number of aliphatic hydroxyl groups is 3. The zero-order valence-corrected chi connectivity index (χ0v) is 6.54. The third kappa shape index (κ3) is 2.25. The fourth-order valence-electron chi connectivity index (χ4n) is 0.681. The summed E-state index contributed by atoms with van der Waals surface area (Å²) in [5, 5.41) is 26.2. The van der Waals surface area contributed by atoms with Crippen LogP contribution < -0.4 is 0 Å². The molecule has 0 heterocycles. The molecule has 3 heteroatoms. The second kappa shape index (κ2) is 3.91. The Kier molecular flexibility index (Phi) is 3.86. The molecule has 0 amide bonds. The zero-order chi connectivity index (χ0) is 8.20. The lowest BCUT2D eigenvalue weighted by Crippen LogP contribution is -2.33. The summed E-state index contributed by atoms with van der Waals surface area (Å²) in [5.74, 6) is -0.225. The maximum Gasteiger partial charge on any atom is 0.0487 e. The van der Waals surface area contributed by atoms with Crippen LogP contribution in [0.15, 0.2) is 0 Å². The summed E-state index contributed by atoms with van der Waals surface area (Å²) in [6.45, 7) is 3.45. The third-order valence-electron chi connectivity index (χ3n) is 1.95. The van der Waals surface area contributed by atoms with Crippen LogP contribution in [0, 0.1) is 11.3 Å². The molecule has 0 atom stereocenters. The van der Waals surface area contributed by atoms with Crippen LogP contribution in [0.4, 0.5) is 0 Å². The lowest BCUT2D eigenvalue weighted by Gasteiger charge is -2.29. The van der Waals surface area contributed by atoms with Gasteiger partial charge in [-0.2, -0.15) is 0 Å². The van der Waals surface area contributed by atoms with Crippen LogP contribution in [-0.4, -0.2) is 35.1 Å². The minimum absolute atomic E-state index is 0.0151. The Balaban J connectivity index is 3.97. The van der Waals surface area contributed by atoms with E-state index in [1.807, 2.05) is 13.8 Å². The molecule has 0 unspecified atom stereocenters. The average Bonchev–Trinajstić information content (AvgIpc) is 1.90. The lowest BCUT2D eigenvalue weighted by atomic mass is 9.80. The Hall–Kier alpha value is -0.120. The fourth-order valence-corrected chi connectivity index (χ4v) is 0.681. The van der Waals surface area contributed by atoms with Crippen molar-refractivity contribution < 1.29 is 15.3 Å². The summed E-state index contributed by atoms with van der Waals surface area (Å²) in [5.41, 5.74) is -0.385. The molecule has 10 heavy (non-hydrogen) atoms. The van der Waals surface area contributed by atoms with E-state index in [0.717, 1.165) is 0 Å². The van der Waals surface area contributed by atoms with Crippen molar-refractivity contribution in [2.24, 2.45) is 11.3 Å². The Morgan fingerprint density at radius 1 is 1.10 bits per heavy atom. The molecular weight excluding hydrogens is 132 g/mol. The number of hydrogen-bond donors (Lipinski definition) is 3. The minimum atomic E-state index is -0.385. The van der Waals surface area contributed by atoms with Gasteiger partial charge >= 0.3 is 0 Å². The molecule has 0 aliphatic heterocycles. The van der Waals surface area contributed by atoms with Gasteiger partial charge in [0.15, 0.2) is 0 Å². The largest absolute Gasteiger partial charge is 0.396 e. The van der Waals surface area contributed by atoms with Crippen LogP contribution in [0.1, 0.15) is 13.8 Å². The first-order valence-corrected chi connectivity index (χ1v) is 3.41. The highest BCUT2D eigenvalue weighted by Crippen LogP contribution is 2.24. The van der Waals surface area contributed by atoms with Gasteiger partial charge in [-0.1, -0.05) is 13.8 Å². The molecule has 0 saturated heterocycles. The Bertz CT molecular complexity index is 86.9. The van der Waals surface area contributed by atoms with Gasteiger partial charge in [-0.25, -0.2) is 0 Å². The Morgan fingerprint density at radius 2 is 1.50 bits per heavy atom. The highest BCUT2D eigenvalue weighted by atomic mass is 16.3. The summed E-state index contributed by atoms with van der Waals surface area (Å²) < 4.78 is 0. The second-order valence-electron chi connectivity index (χ2n) is 3.21. The monoisotopic (exact) mass is 148 g/mol. The molecule has 0 saturated carbocycles. The van der Waals surface area contributed by atoms with Crippen LogP contribution in [0.2, 0.25) is 0 Å². The molecule has 0 aromatic heterocycles. The smallest absolute Gasteiger partial charge is 0.0487 e. The summed E-state index contributed by atoms with van der Waals surface area (Å²) in [6, 6.07) is 0. The van der Waals surface area contributed by atoms with Crippen molar-refractivity contribution in [3.8, 4) is 0 Å². The maximum atomic E-state index is 8.80. The Morgan fingerprint density at radius 3 is 1.60 bits per heavy atom. The van der Waals surface area contributed by atoms with Gasteiger partial charge < -0.3 is 15.3 Å². The van der Waals surface area contributed by atoms with E-state index in [-0.39, 0.29) is 31.2 Å². The van der Waals surface area contributed by atoms with Crippen molar-refractivity contribution in [3.05, 3.63) is 0 Å². The van der Waals surface area contributed by atoms with Crippen LogP contribution in [-0.2, 0) is 0 Å². The third-order valence-corrected chi connectivity index (χ3v) is 1.95. The molecule has 0 aromatic carbocycles. The maximum absolute atomic E-state index is 8.80. The highest BCUT2D eigenvalue weighted by molar-refractivity contribution is 4.75. The molecule has 0 aromatic rings. The van der Waals surface area contributed by atoms with Crippen molar-refractivity contribution in [2.75, 3.05) is 19.8 Å². The molecular formula is C7H16O3. The summed E-state index contributed by atoms with van der Waals surface area (Å²) in [7, 11) is 0. The SMILES string of the molecule is CC(C)(CO)C(CO)CO. The molecule has 62 valence electrons. The van der Waals surface area contributed by atoms with E-state index in [2.05, 4.69) is 0 Å². The van der Waals surface area contributed by atoms with Gasteiger partial charge in [0.2, 0.25) is 0 Å². The van der Waals surface area contributed by atoms with Crippen LogP contribution in [0.25, 0.3) is 0 Å². The topological polar surface area (TPSA) is 60.7 Å². The molecule has 3 N–H and O–H groups in total. The van der Waals surface area contributed by atoms with Crippen molar-refractivity contribution in [2.45, 2.75) is 13.8 Å². The lowest BCUT2D eigenvalue weighted by molar-refractivity contribution is 0.0213. The molecule has 0 fully saturated rings. The molecule has 3 nitrogen and oxygen atoms in total. The van der Waals surface area contributed by atoms with Crippen molar-refractivity contribution in [3.63, 3.8) is 0 Å². The zero-order valence-electron chi connectivity index (χ0n) is 6.54. The van der Waals surface area contributed by atoms with Gasteiger partial charge in [0, 0.05) is 25.7 Å². The second-order valence-corrected chi connectivity index (χ2v) is 3.21. The first kappa shape index (κ1) is 9.88. The minimum Gasteiger partial charge on any atom is -0.396 e. The van der Waals surface area contributed by atoms with E-state index in [9.17, 15) is 0 Å². The van der Waals surface area contributed by atoms with E-state index in [1.54, 1.807) is 0 Å². The average molecular weight is 148 g/mol. The van der Waals surface area contributed by atoms with E-state index < -0.39 is 0 Å². The quantitative estimate of drug-likeness (QED) is 0.508. The predicted octanol–water partition coefficient (Wildman–Crippen LogP) is -0.394. The molecule has 0 aliphatic rings. The predicted molar refractivity (Wildman–Crippen MR) is 38.5 cm³/mol. The van der Waals surface area contributed by atoms with E-state index in [0.29, 0.717) is 0 Å². The standard InChI is InChI=1S/C7H16O3/c1-7(2,5-10)6(3-8)4-9/h6,8-10H,3-5H2,1-2H3. The van der Waals surface area contributed by atoms with Crippen LogP contribution in [0.3, 0.4) is 0 Å². The van der Waals surface area contributed by atoms with Gasteiger partial charge in [0.05, 0.1) is 0 Å². The number of aliphatic hydroxyl groups excluding tert-OH is 3. The first-order valence-electron chi connectivity index (χ1n) is 3.41. The van der Waals surface area contributed by atoms with Gasteiger partial charge in [-0.3, -0.25) is 0 Å². The summed E-state index contributed by atoms with van der Waals surface area (Å²) in [4.78, 5) is 0. The van der Waals surface area contributed by atoms with Gasteiger partial charge in [-0.15, -0.1) is 0 Å². The normalized spacial score (nSPS) is 12.6. The summed E-state index contributed by atoms with van der Waals surface area (Å²) in [6.07, 6.45) is 0. The molecule has 0 aliphatic carbocycles.